The highest BCUT2D eigenvalue weighted by molar-refractivity contribution is 7.91. The van der Waals surface area contributed by atoms with E-state index in [1.165, 1.54) is 4.90 Å². The van der Waals surface area contributed by atoms with E-state index in [1.54, 1.807) is 4.68 Å². The molecule has 3 fully saturated rings. The summed E-state index contributed by atoms with van der Waals surface area (Å²) in [6.07, 6.45) is 6.24. The highest BCUT2D eigenvalue weighted by atomic mass is 32.2. The molecule has 1 aromatic heterocycles. The standard InChI is InChI=1S/C28H43N7O7S/c1-5-17-14-28(17,25(38)32-43(40,41)20-10-11-20)30-23(36)21-13-19-16-34(21)24(37)22(27(2,3)4)29-26(39)42-12-8-6-7-9-18-15-35(19)33-31-18/h15,17,19-22H,5-14,16H2,1-4H3,(H,29,39)(H,30,36)(H,32,38)/t17-,19+,21-,22+,28+/m0/s1. The van der Waals surface area contributed by atoms with Crippen molar-refractivity contribution in [2.24, 2.45) is 11.3 Å². The fourth-order valence-electron chi connectivity index (χ4n) is 6.12. The molecule has 4 bridgehead atoms. The van der Waals surface area contributed by atoms with E-state index in [0.29, 0.717) is 38.5 Å². The van der Waals surface area contributed by atoms with Crippen LogP contribution in [0.5, 0.6) is 0 Å². The first-order valence-electron chi connectivity index (χ1n) is 15.3. The van der Waals surface area contributed by atoms with E-state index in [1.807, 2.05) is 33.9 Å². The van der Waals surface area contributed by atoms with Crippen molar-refractivity contribution in [1.82, 2.24) is 35.2 Å². The van der Waals surface area contributed by atoms with Crippen molar-refractivity contribution in [2.45, 2.75) is 114 Å². The summed E-state index contributed by atoms with van der Waals surface area (Å²) in [7, 11) is -3.81. The zero-order chi connectivity index (χ0) is 31.2. The third kappa shape index (κ3) is 6.65. The van der Waals surface area contributed by atoms with Gasteiger partial charge in [0.2, 0.25) is 21.8 Å². The number of amides is 4. The maximum Gasteiger partial charge on any atom is 0.407 e. The zero-order valence-corrected chi connectivity index (χ0v) is 26.1. The zero-order valence-electron chi connectivity index (χ0n) is 25.3. The van der Waals surface area contributed by atoms with Crippen molar-refractivity contribution in [3.05, 3.63) is 11.9 Å². The molecule has 3 N–H and O–H groups in total. The minimum atomic E-state index is -3.81. The van der Waals surface area contributed by atoms with Gasteiger partial charge in [-0.1, -0.05) is 39.3 Å². The number of cyclic esters (lactones) is 1. The van der Waals surface area contributed by atoms with E-state index in [-0.39, 0.29) is 31.5 Å². The lowest BCUT2D eigenvalue weighted by atomic mass is 9.85. The SMILES string of the molecule is CC[C@H]1C[C@]1(NC(=O)[C@@H]1C[C@@H]2CN1C(=O)[C@H](C(C)(C)C)NC(=O)OCCCCCc1cn2nn1)C(=O)NS(=O)(=O)C1CC1. The number of carbonyl (C=O) groups is 4. The Morgan fingerprint density at radius 3 is 2.58 bits per heavy atom. The molecule has 2 saturated carbocycles. The maximum absolute atomic E-state index is 14.1. The van der Waals surface area contributed by atoms with Crippen LogP contribution < -0.4 is 15.4 Å². The number of rotatable bonds is 6. The molecule has 5 rings (SSSR count). The maximum atomic E-state index is 14.1. The predicted octanol–water partition coefficient (Wildman–Crippen LogP) is 1.18. The van der Waals surface area contributed by atoms with Crippen LogP contribution in [-0.2, 0) is 35.6 Å². The van der Waals surface area contributed by atoms with Crippen LogP contribution in [-0.4, -0.2) is 88.2 Å². The smallest absolute Gasteiger partial charge is 0.407 e. The van der Waals surface area contributed by atoms with E-state index in [4.69, 9.17) is 4.74 Å². The normalized spacial score (nSPS) is 30.3. The number of nitrogens with one attached hydrogen (secondary N) is 3. The number of aromatic nitrogens is 3. The van der Waals surface area contributed by atoms with Gasteiger partial charge in [0, 0.05) is 19.2 Å². The van der Waals surface area contributed by atoms with Gasteiger partial charge >= 0.3 is 6.09 Å². The molecule has 4 amide bonds. The van der Waals surface area contributed by atoms with Gasteiger partial charge in [0.1, 0.15) is 17.6 Å². The first-order valence-corrected chi connectivity index (χ1v) is 16.8. The van der Waals surface area contributed by atoms with Gasteiger partial charge in [-0.3, -0.25) is 19.1 Å². The minimum Gasteiger partial charge on any atom is -0.450 e. The molecule has 0 aromatic carbocycles. The van der Waals surface area contributed by atoms with Crippen LogP contribution in [0.1, 0.15) is 90.8 Å². The van der Waals surface area contributed by atoms with Crippen molar-refractivity contribution in [2.75, 3.05) is 13.2 Å². The number of fused-ring (bicyclic) bond motifs is 5. The Bertz CT molecular complexity index is 1370. The summed E-state index contributed by atoms with van der Waals surface area (Å²) in [6.45, 7) is 7.67. The van der Waals surface area contributed by atoms with Crippen LogP contribution in [0, 0.1) is 11.3 Å². The van der Waals surface area contributed by atoms with Gasteiger partial charge in [-0.05, 0) is 56.3 Å². The van der Waals surface area contributed by atoms with Crippen molar-refractivity contribution in [1.29, 1.82) is 0 Å². The second-order valence-electron chi connectivity index (χ2n) is 13.4. The lowest BCUT2D eigenvalue weighted by molar-refractivity contribution is -0.142. The highest BCUT2D eigenvalue weighted by Gasteiger charge is 2.62. The number of hydrogen-bond acceptors (Lipinski definition) is 9. The molecule has 43 heavy (non-hydrogen) atoms. The Kier molecular flexibility index (Phi) is 8.49. The molecule has 5 atom stereocenters. The van der Waals surface area contributed by atoms with Crippen molar-refractivity contribution < 1.29 is 32.3 Å². The number of hydrogen-bond donors (Lipinski definition) is 3. The largest absolute Gasteiger partial charge is 0.450 e. The minimum absolute atomic E-state index is 0.134. The van der Waals surface area contributed by atoms with E-state index in [2.05, 4.69) is 25.7 Å². The summed E-state index contributed by atoms with van der Waals surface area (Å²) in [5.41, 5.74) is -1.30. The van der Waals surface area contributed by atoms with Crippen LogP contribution in [0.3, 0.4) is 0 Å². The molecule has 0 unspecified atom stereocenters. The average Bonchev–Trinajstić information content (AvgIpc) is 3.81. The first-order chi connectivity index (χ1) is 20.2. The van der Waals surface area contributed by atoms with E-state index < -0.39 is 62.1 Å². The van der Waals surface area contributed by atoms with Crippen LogP contribution in [0.4, 0.5) is 4.79 Å². The Morgan fingerprint density at radius 2 is 1.93 bits per heavy atom. The van der Waals surface area contributed by atoms with E-state index in [0.717, 1.165) is 18.5 Å². The second-order valence-corrected chi connectivity index (χ2v) is 15.4. The third-order valence-corrected chi connectivity index (χ3v) is 10.8. The summed E-state index contributed by atoms with van der Waals surface area (Å²) < 4.78 is 34.3. The van der Waals surface area contributed by atoms with Crippen LogP contribution in [0.2, 0.25) is 0 Å². The lowest BCUT2D eigenvalue weighted by Gasteiger charge is -2.35. The molecule has 1 aromatic rings. The van der Waals surface area contributed by atoms with Gasteiger partial charge in [-0.2, -0.15) is 0 Å². The molecule has 15 heteroatoms. The first kappa shape index (κ1) is 31.2. The number of nitrogens with zero attached hydrogens (tertiary/aromatic N) is 4. The Balaban J connectivity index is 1.43. The quantitative estimate of drug-likeness (QED) is 0.420. The fraction of sp³-hybridized carbons (Fsp3) is 0.786. The Morgan fingerprint density at radius 1 is 1.19 bits per heavy atom. The molecular weight excluding hydrogens is 578 g/mol. The lowest BCUT2D eigenvalue weighted by Crippen LogP contribution is -2.60. The van der Waals surface area contributed by atoms with Gasteiger partial charge in [0.05, 0.1) is 23.6 Å². The molecule has 3 heterocycles. The highest BCUT2D eigenvalue weighted by Crippen LogP contribution is 2.47. The van der Waals surface area contributed by atoms with Crippen LogP contribution in [0.25, 0.3) is 0 Å². The van der Waals surface area contributed by atoms with Crippen LogP contribution in [0.15, 0.2) is 6.20 Å². The number of carbonyl (C=O) groups excluding carboxylic acids is 4. The molecule has 238 valence electrons. The monoisotopic (exact) mass is 621 g/mol. The van der Waals surface area contributed by atoms with Gasteiger partial charge in [-0.15, -0.1) is 5.10 Å². The second kappa shape index (κ2) is 11.7. The van der Waals surface area contributed by atoms with E-state index in [9.17, 15) is 27.6 Å². The summed E-state index contributed by atoms with van der Waals surface area (Å²) in [4.78, 5) is 55.6. The van der Waals surface area contributed by atoms with Crippen molar-refractivity contribution in [3.8, 4) is 0 Å². The molecule has 4 aliphatic rings. The number of alkyl carbamates (subject to hydrolysis) is 1. The van der Waals surface area contributed by atoms with Gasteiger partial charge in [0.15, 0.2) is 0 Å². The van der Waals surface area contributed by atoms with Gasteiger partial charge in [-0.25, -0.2) is 17.9 Å². The van der Waals surface area contributed by atoms with Crippen molar-refractivity contribution in [3.63, 3.8) is 0 Å². The Labute approximate surface area is 252 Å². The fourth-order valence-corrected chi connectivity index (χ4v) is 7.49. The number of sulfonamides is 1. The predicted molar refractivity (Wildman–Crippen MR) is 154 cm³/mol. The van der Waals surface area contributed by atoms with Crippen LogP contribution >= 0.6 is 0 Å². The molecule has 0 spiro atoms. The molecule has 2 aliphatic heterocycles. The summed E-state index contributed by atoms with van der Waals surface area (Å²) in [5.74, 6) is -2.00. The van der Waals surface area contributed by atoms with Crippen molar-refractivity contribution >= 4 is 33.8 Å². The summed E-state index contributed by atoms with van der Waals surface area (Å²) >= 11 is 0. The molecular formula is C28H43N7O7S. The molecule has 2 aliphatic carbocycles. The number of aryl methyl sites for hydroxylation is 1. The van der Waals surface area contributed by atoms with Gasteiger partial charge < -0.3 is 20.3 Å². The molecule has 0 radical (unpaired) electrons. The average molecular weight is 622 g/mol. The third-order valence-electron chi connectivity index (χ3n) is 9.03. The topological polar surface area (TPSA) is 182 Å². The molecule has 14 nitrogen and oxygen atoms in total. The Hall–Kier alpha value is -3.23. The van der Waals surface area contributed by atoms with E-state index >= 15 is 0 Å². The summed E-state index contributed by atoms with van der Waals surface area (Å²) in [5, 5.41) is 13.6. The summed E-state index contributed by atoms with van der Waals surface area (Å²) in [6, 6.07) is -2.37. The number of ether oxygens (including phenoxy) is 1. The van der Waals surface area contributed by atoms with Gasteiger partial charge in [0.25, 0.3) is 5.91 Å². The molecule has 1 saturated heterocycles.